The Hall–Kier alpha value is -1.02. The number of anilines is 1. The van der Waals surface area contributed by atoms with Crippen LogP contribution in [0, 0.1) is 11.8 Å². The van der Waals surface area contributed by atoms with Crippen LogP contribution in [-0.4, -0.2) is 13.1 Å². The van der Waals surface area contributed by atoms with E-state index in [2.05, 4.69) is 36.1 Å². The maximum Gasteiger partial charge on any atom is 0.0366 e. The van der Waals surface area contributed by atoms with Gasteiger partial charge in [-0.2, -0.15) is 0 Å². The molecule has 0 aromatic heterocycles. The number of nitrogens with zero attached hydrogens (tertiary/aromatic N) is 1. The summed E-state index contributed by atoms with van der Waals surface area (Å²) < 4.78 is 0. The molecule has 1 unspecified atom stereocenters. The third-order valence-electron chi connectivity index (χ3n) is 4.48. The van der Waals surface area contributed by atoms with Crippen molar-refractivity contribution in [3.8, 4) is 0 Å². The van der Waals surface area contributed by atoms with E-state index in [-0.39, 0.29) is 6.04 Å². The molecular formula is C17H26N2. The molecule has 104 valence electrons. The van der Waals surface area contributed by atoms with Gasteiger partial charge in [-0.1, -0.05) is 19.1 Å². The third kappa shape index (κ3) is 3.50. The van der Waals surface area contributed by atoms with E-state index in [4.69, 9.17) is 5.73 Å². The number of hydrogen-bond donors (Lipinski definition) is 1. The van der Waals surface area contributed by atoms with E-state index in [1.807, 2.05) is 0 Å². The second-order valence-electron chi connectivity index (χ2n) is 6.40. The lowest BCUT2D eigenvalue weighted by atomic mass is 10.0. The van der Waals surface area contributed by atoms with Gasteiger partial charge in [0.25, 0.3) is 0 Å². The molecule has 0 spiro atoms. The first-order valence-corrected chi connectivity index (χ1v) is 7.86. The maximum absolute atomic E-state index is 6.09. The molecule has 0 aliphatic heterocycles. The monoisotopic (exact) mass is 258 g/mol. The van der Waals surface area contributed by atoms with Crippen molar-refractivity contribution >= 4 is 5.69 Å². The number of hydrogen-bond acceptors (Lipinski definition) is 2. The molecule has 2 fully saturated rings. The summed E-state index contributed by atoms with van der Waals surface area (Å²) >= 11 is 0. The van der Waals surface area contributed by atoms with Gasteiger partial charge in [0.2, 0.25) is 0 Å². The van der Waals surface area contributed by atoms with Crippen LogP contribution in [0.25, 0.3) is 0 Å². The topological polar surface area (TPSA) is 29.3 Å². The van der Waals surface area contributed by atoms with E-state index in [0.717, 1.165) is 18.3 Å². The van der Waals surface area contributed by atoms with Crippen LogP contribution in [0.4, 0.5) is 5.69 Å². The molecule has 2 nitrogen and oxygen atoms in total. The minimum atomic E-state index is 0.189. The molecule has 2 N–H and O–H groups in total. The van der Waals surface area contributed by atoms with Gasteiger partial charge in [0.15, 0.2) is 0 Å². The standard InChI is InChI=1S/C17H26N2/c1-2-17(18)15-7-9-16(10-8-15)19(11-13-3-4-13)12-14-5-6-14/h7-10,13-14,17H,2-6,11-12,18H2,1H3. The Balaban J connectivity index is 1.68. The Morgan fingerprint density at radius 3 is 2.00 bits per heavy atom. The summed E-state index contributed by atoms with van der Waals surface area (Å²) in [5.41, 5.74) is 8.75. The first kappa shape index (κ1) is 13.0. The van der Waals surface area contributed by atoms with Crippen molar-refractivity contribution in [1.82, 2.24) is 0 Å². The first-order valence-electron chi connectivity index (χ1n) is 7.86. The van der Waals surface area contributed by atoms with Gasteiger partial charge in [0.1, 0.15) is 0 Å². The number of benzene rings is 1. The van der Waals surface area contributed by atoms with E-state index < -0.39 is 0 Å². The van der Waals surface area contributed by atoms with E-state index in [0.29, 0.717) is 0 Å². The van der Waals surface area contributed by atoms with Crippen LogP contribution in [0.15, 0.2) is 24.3 Å². The predicted octanol–water partition coefficient (Wildman–Crippen LogP) is 3.72. The normalized spacial score (nSPS) is 20.3. The molecule has 3 rings (SSSR count). The van der Waals surface area contributed by atoms with Crippen molar-refractivity contribution in [2.75, 3.05) is 18.0 Å². The SMILES string of the molecule is CCC(N)c1ccc(N(CC2CC2)CC2CC2)cc1. The van der Waals surface area contributed by atoms with Crippen molar-refractivity contribution in [2.45, 2.75) is 45.1 Å². The van der Waals surface area contributed by atoms with Crippen molar-refractivity contribution in [1.29, 1.82) is 0 Å². The van der Waals surface area contributed by atoms with Crippen molar-refractivity contribution in [3.63, 3.8) is 0 Å². The molecule has 2 aliphatic rings. The highest BCUT2D eigenvalue weighted by atomic mass is 15.1. The van der Waals surface area contributed by atoms with Crippen LogP contribution in [0.1, 0.15) is 50.6 Å². The van der Waals surface area contributed by atoms with Crippen LogP contribution in [-0.2, 0) is 0 Å². The molecule has 1 aromatic rings. The zero-order chi connectivity index (χ0) is 13.2. The molecule has 1 aromatic carbocycles. The average Bonchev–Trinajstić information content (AvgIpc) is 3.32. The van der Waals surface area contributed by atoms with Crippen molar-refractivity contribution in [2.24, 2.45) is 17.6 Å². The summed E-state index contributed by atoms with van der Waals surface area (Å²) in [5, 5.41) is 0. The lowest BCUT2D eigenvalue weighted by molar-refractivity contribution is 0.677. The summed E-state index contributed by atoms with van der Waals surface area (Å²) in [7, 11) is 0. The third-order valence-corrected chi connectivity index (χ3v) is 4.48. The van der Waals surface area contributed by atoms with Crippen LogP contribution in [0.3, 0.4) is 0 Å². The fourth-order valence-electron chi connectivity index (χ4n) is 2.68. The smallest absolute Gasteiger partial charge is 0.0366 e. The van der Waals surface area contributed by atoms with Gasteiger partial charge in [-0.3, -0.25) is 0 Å². The Morgan fingerprint density at radius 1 is 1.05 bits per heavy atom. The number of rotatable bonds is 7. The van der Waals surface area contributed by atoms with Gasteiger partial charge >= 0.3 is 0 Å². The molecule has 2 heteroatoms. The second kappa shape index (κ2) is 5.54. The minimum Gasteiger partial charge on any atom is -0.371 e. The van der Waals surface area contributed by atoms with E-state index in [1.165, 1.54) is 50.0 Å². The zero-order valence-corrected chi connectivity index (χ0v) is 12.0. The van der Waals surface area contributed by atoms with Crippen LogP contribution < -0.4 is 10.6 Å². The summed E-state index contributed by atoms with van der Waals surface area (Å²) in [4.78, 5) is 2.61. The largest absolute Gasteiger partial charge is 0.371 e. The fraction of sp³-hybridized carbons (Fsp3) is 0.647. The second-order valence-corrected chi connectivity index (χ2v) is 6.40. The Morgan fingerprint density at radius 2 is 1.58 bits per heavy atom. The maximum atomic E-state index is 6.09. The van der Waals surface area contributed by atoms with Gasteiger partial charge in [0, 0.05) is 24.8 Å². The van der Waals surface area contributed by atoms with E-state index >= 15 is 0 Å². The van der Waals surface area contributed by atoms with Crippen molar-refractivity contribution in [3.05, 3.63) is 29.8 Å². The molecule has 1 atom stereocenters. The van der Waals surface area contributed by atoms with Crippen LogP contribution >= 0.6 is 0 Å². The Kier molecular flexibility index (Phi) is 3.79. The highest BCUT2D eigenvalue weighted by Gasteiger charge is 2.29. The van der Waals surface area contributed by atoms with Gasteiger partial charge in [-0.05, 0) is 61.6 Å². The molecule has 0 amide bonds. The zero-order valence-electron chi connectivity index (χ0n) is 12.0. The van der Waals surface area contributed by atoms with Gasteiger partial charge in [-0.25, -0.2) is 0 Å². The van der Waals surface area contributed by atoms with E-state index in [9.17, 15) is 0 Å². The summed E-state index contributed by atoms with van der Waals surface area (Å²) in [6.45, 7) is 4.66. The summed E-state index contributed by atoms with van der Waals surface area (Å²) in [5.74, 6) is 1.91. The predicted molar refractivity (Wildman–Crippen MR) is 81.3 cm³/mol. The first-order chi connectivity index (χ1) is 9.26. The highest BCUT2D eigenvalue weighted by molar-refractivity contribution is 5.48. The Bertz CT molecular complexity index is 390. The summed E-state index contributed by atoms with van der Waals surface area (Å²) in [6, 6.07) is 9.17. The fourth-order valence-corrected chi connectivity index (χ4v) is 2.68. The number of nitrogens with two attached hydrogens (primary N) is 1. The van der Waals surface area contributed by atoms with Gasteiger partial charge < -0.3 is 10.6 Å². The quantitative estimate of drug-likeness (QED) is 0.807. The highest BCUT2D eigenvalue weighted by Crippen LogP contribution is 2.35. The van der Waals surface area contributed by atoms with Gasteiger partial charge in [0.05, 0.1) is 0 Å². The van der Waals surface area contributed by atoms with Gasteiger partial charge in [-0.15, -0.1) is 0 Å². The molecular weight excluding hydrogens is 232 g/mol. The molecule has 0 saturated heterocycles. The molecule has 2 saturated carbocycles. The van der Waals surface area contributed by atoms with Crippen LogP contribution in [0.2, 0.25) is 0 Å². The molecule has 0 heterocycles. The lowest BCUT2D eigenvalue weighted by Gasteiger charge is -2.25. The van der Waals surface area contributed by atoms with E-state index in [1.54, 1.807) is 0 Å². The van der Waals surface area contributed by atoms with Crippen LogP contribution in [0.5, 0.6) is 0 Å². The molecule has 19 heavy (non-hydrogen) atoms. The molecule has 2 aliphatic carbocycles. The molecule has 0 radical (unpaired) electrons. The summed E-state index contributed by atoms with van der Waals surface area (Å²) in [6.07, 6.45) is 6.73. The minimum absolute atomic E-state index is 0.189. The average molecular weight is 258 g/mol. The van der Waals surface area contributed by atoms with Crippen molar-refractivity contribution < 1.29 is 0 Å². The Labute approximate surface area is 117 Å². The molecule has 0 bridgehead atoms. The lowest BCUT2D eigenvalue weighted by Crippen LogP contribution is -2.28.